The van der Waals surface area contributed by atoms with Crippen molar-refractivity contribution in [3.63, 3.8) is 0 Å². The SMILES string of the molecule is O=C(c1ccccc1)N1CCCC(NCCN2CCC(O)(CS(=O)(=O)c3ccccc3)CC2)(c2ccc(Cl)c(Cl)c2)C1. The Morgan fingerprint density at radius 3 is 2.21 bits per heavy atom. The summed E-state index contributed by atoms with van der Waals surface area (Å²) >= 11 is 12.7. The average molecular weight is 631 g/mol. The predicted octanol–water partition coefficient (Wildman–Crippen LogP) is 5.02. The number of carbonyl (C=O) groups is 1. The Labute approximate surface area is 258 Å². The molecule has 0 spiro atoms. The molecule has 0 saturated carbocycles. The molecule has 2 aliphatic rings. The van der Waals surface area contributed by atoms with Crippen LogP contribution < -0.4 is 5.32 Å². The third-order valence-corrected chi connectivity index (χ3v) is 11.2. The topological polar surface area (TPSA) is 89.9 Å². The van der Waals surface area contributed by atoms with Gasteiger partial charge in [-0.25, -0.2) is 8.42 Å². The van der Waals surface area contributed by atoms with E-state index in [1.807, 2.05) is 47.4 Å². The maximum Gasteiger partial charge on any atom is 0.253 e. The van der Waals surface area contributed by atoms with Crippen molar-refractivity contribution < 1.29 is 18.3 Å². The molecule has 0 radical (unpaired) electrons. The van der Waals surface area contributed by atoms with Gasteiger partial charge >= 0.3 is 0 Å². The van der Waals surface area contributed by atoms with E-state index in [0.717, 1.165) is 24.9 Å². The van der Waals surface area contributed by atoms with Crippen molar-refractivity contribution in [2.45, 2.75) is 41.7 Å². The van der Waals surface area contributed by atoms with Crippen molar-refractivity contribution in [3.05, 3.63) is 100 Å². The number of piperidine rings is 2. The van der Waals surface area contributed by atoms with E-state index in [4.69, 9.17) is 23.2 Å². The van der Waals surface area contributed by atoms with Crippen LogP contribution in [-0.2, 0) is 15.4 Å². The Hall–Kier alpha value is -2.46. The van der Waals surface area contributed by atoms with Crippen LogP contribution in [-0.4, -0.2) is 79.9 Å². The lowest BCUT2D eigenvalue weighted by molar-refractivity contribution is -0.00292. The Morgan fingerprint density at radius 2 is 1.55 bits per heavy atom. The van der Waals surface area contributed by atoms with Crippen LogP contribution in [0.25, 0.3) is 0 Å². The molecule has 2 N–H and O–H groups in total. The zero-order valence-electron chi connectivity index (χ0n) is 23.5. The summed E-state index contributed by atoms with van der Waals surface area (Å²) in [5.41, 5.74) is -0.0993. The molecule has 2 fully saturated rings. The zero-order chi connectivity index (χ0) is 29.8. The summed E-state index contributed by atoms with van der Waals surface area (Å²) in [5.74, 6) is -0.274. The predicted molar refractivity (Wildman–Crippen MR) is 167 cm³/mol. The number of carbonyl (C=O) groups excluding carboxylic acids is 1. The zero-order valence-corrected chi connectivity index (χ0v) is 25.8. The van der Waals surface area contributed by atoms with E-state index in [-0.39, 0.29) is 16.6 Å². The second kappa shape index (κ2) is 13.0. The van der Waals surface area contributed by atoms with Crippen LogP contribution >= 0.6 is 23.2 Å². The van der Waals surface area contributed by atoms with Gasteiger partial charge in [0.15, 0.2) is 9.84 Å². The fourth-order valence-corrected chi connectivity index (χ4v) is 8.16. The molecule has 224 valence electrons. The maximum atomic E-state index is 13.4. The number of likely N-dealkylation sites (tertiary alicyclic amines) is 2. The molecule has 3 aromatic rings. The minimum Gasteiger partial charge on any atom is -0.389 e. The number of halogens is 2. The molecule has 2 aliphatic heterocycles. The second-order valence-corrected chi connectivity index (χ2v) is 14.3. The molecule has 0 bridgehead atoms. The Balaban J connectivity index is 1.24. The molecule has 3 aromatic carbocycles. The standard InChI is InChI=1S/C32H37Cl2N3O4S/c33-28-13-12-26(22-29(28)34)32(14-7-18-37(23-32)30(38)25-8-3-1-4-9-25)35-17-21-36-19-15-31(39,16-20-36)24-42(40,41)27-10-5-2-6-11-27/h1-6,8-13,22,35,39H,7,14-21,23-24H2. The first-order valence-electron chi connectivity index (χ1n) is 14.4. The molecule has 0 aromatic heterocycles. The lowest BCUT2D eigenvalue weighted by atomic mass is 9.81. The van der Waals surface area contributed by atoms with E-state index in [1.165, 1.54) is 0 Å². The molecule has 5 rings (SSSR count). The molecule has 10 heteroatoms. The van der Waals surface area contributed by atoms with Crippen LogP contribution in [0.2, 0.25) is 10.0 Å². The maximum absolute atomic E-state index is 13.4. The van der Waals surface area contributed by atoms with Gasteiger partial charge in [-0.05, 0) is 67.6 Å². The highest BCUT2D eigenvalue weighted by atomic mass is 35.5. The largest absolute Gasteiger partial charge is 0.389 e. The van der Waals surface area contributed by atoms with Crippen LogP contribution in [0, 0.1) is 0 Å². The number of aliphatic hydroxyl groups is 1. The number of benzene rings is 3. The molecular formula is C32H37Cl2N3O4S. The number of hydrogen-bond donors (Lipinski definition) is 2. The summed E-state index contributed by atoms with van der Waals surface area (Å²) in [6.07, 6.45) is 2.44. The van der Waals surface area contributed by atoms with Gasteiger partial charge in [0.25, 0.3) is 5.91 Å². The van der Waals surface area contributed by atoms with E-state index < -0.39 is 21.0 Å². The van der Waals surface area contributed by atoms with E-state index >= 15 is 0 Å². The molecule has 2 heterocycles. The van der Waals surface area contributed by atoms with Crippen molar-refractivity contribution in [3.8, 4) is 0 Å². The molecule has 42 heavy (non-hydrogen) atoms. The third-order valence-electron chi connectivity index (χ3n) is 8.51. The number of sulfone groups is 1. The minimum absolute atomic E-state index is 0.00214. The van der Waals surface area contributed by atoms with Crippen molar-refractivity contribution >= 4 is 38.9 Å². The highest BCUT2D eigenvalue weighted by Crippen LogP contribution is 2.36. The normalized spacial score (nSPS) is 21.3. The van der Waals surface area contributed by atoms with Crippen LogP contribution in [0.5, 0.6) is 0 Å². The fraction of sp³-hybridized carbons (Fsp3) is 0.406. The smallest absolute Gasteiger partial charge is 0.253 e. The number of nitrogens with zero attached hydrogens (tertiary/aromatic N) is 2. The number of hydrogen-bond acceptors (Lipinski definition) is 6. The molecule has 1 atom stereocenters. The second-order valence-electron chi connectivity index (χ2n) is 11.5. The van der Waals surface area contributed by atoms with E-state index in [9.17, 15) is 18.3 Å². The van der Waals surface area contributed by atoms with Gasteiger partial charge in [-0.1, -0.05) is 65.7 Å². The van der Waals surface area contributed by atoms with Gasteiger partial charge in [-0.3, -0.25) is 4.79 Å². The summed E-state index contributed by atoms with van der Waals surface area (Å²) < 4.78 is 25.8. The Bertz CT molecular complexity index is 1480. The van der Waals surface area contributed by atoms with Crippen LogP contribution in [0.1, 0.15) is 41.6 Å². The lowest BCUT2D eigenvalue weighted by Gasteiger charge is -2.45. The summed E-state index contributed by atoms with van der Waals surface area (Å²) in [7, 11) is -3.58. The van der Waals surface area contributed by atoms with Gasteiger partial charge in [0.05, 0.1) is 31.8 Å². The van der Waals surface area contributed by atoms with Crippen molar-refractivity contribution in [1.29, 1.82) is 0 Å². The molecule has 0 aliphatic carbocycles. The summed E-state index contributed by atoms with van der Waals surface area (Å²) in [6, 6.07) is 23.3. The van der Waals surface area contributed by atoms with Crippen LogP contribution in [0.15, 0.2) is 83.8 Å². The quantitative estimate of drug-likeness (QED) is 0.346. The van der Waals surface area contributed by atoms with Gasteiger partial charge in [-0.2, -0.15) is 0 Å². The summed E-state index contributed by atoms with van der Waals surface area (Å²) in [5, 5.41) is 15.9. The minimum atomic E-state index is -3.58. The molecule has 7 nitrogen and oxygen atoms in total. The van der Waals surface area contributed by atoms with Crippen molar-refractivity contribution in [1.82, 2.24) is 15.1 Å². The first-order valence-corrected chi connectivity index (χ1v) is 16.8. The van der Waals surface area contributed by atoms with Crippen LogP contribution in [0.4, 0.5) is 0 Å². The average Bonchev–Trinajstić information content (AvgIpc) is 3.00. The number of amides is 1. The van der Waals surface area contributed by atoms with Crippen molar-refractivity contribution in [2.75, 3.05) is 45.0 Å². The molecular weight excluding hydrogens is 593 g/mol. The lowest BCUT2D eigenvalue weighted by Crippen LogP contribution is -2.57. The van der Waals surface area contributed by atoms with Crippen LogP contribution in [0.3, 0.4) is 0 Å². The first kappa shape index (κ1) is 31.0. The van der Waals surface area contributed by atoms with Gasteiger partial charge in [-0.15, -0.1) is 0 Å². The Morgan fingerprint density at radius 1 is 0.881 bits per heavy atom. The fourth-order valence-electron chi connectivity index (χ4n) is 6.12. The third kappa shape index (κ3) is 7.18. The number of rotatable bonds is 9. The molecule has 1 amide bonds. The highest BCUT2D eigenvalue weighted by molar-refractivity contribution is 7.91. The number of nitrogens with one attached hydrogen (secondary N) is 1. The van der Waals surface area contributed by atoms with Gasteiger partial charge in [0, 0.05) is 44.8 Å². The molecule has 2 saturated heterocycles. The van der Waals surface area contributed by atoms with E-state index in [0.29, 0.717) is 61.2 Å². The van der Waals surface area contributed by atoms with Gasteiger partial charge in [0.2, 0.25) is 0 Å². The monoisotopic (exact) mass is 629 g/mol. The first-order chi connectivity index (χ1) is 20.1. The van der Waals surface area contributed by atoms with E-state index in [1.54, 1.807) is 36.4 Å². The van der Waals surface area contributed by atoms with E-state index in [2.05, 4.69) is 10.2 Å². The Kier molecular flexibility index (Phi) is 9.62. The van der Waals surface area contributed by atoms with Gasteiger partial charge in [0.1, 0.15) is 0 Å². The summed E-state index contributed by atoms with van der Waals surface area (Å²) in [4.78, 5) is 17.8. The van der Waals surface area contributed by atoms with Gasteiger partial charge < -0.3 is 20.2 Å². The van der Waals surface area contributed by atoms with Crippen molar-refractivity contribution in [2.24, 2.45) is 0 Å². The molecule has 1 unspecified atom stereocenters. The summed E-state index contributed by atoms with van der Waals surface area (Å²) in [6.45, 7) is 3.73. The highest BCUT2D eigenvalue weighted by Gasteiger charge is 2.40.